The Labute approximate surface area is 134 Å². The van der Waals surface area contributed by atoms with Crippen molar-refractivity contribution in [3.05, 3.63) is 54.2 Å². The molecule has 1 aromatic heterocycles. The molecule has 0 saturated heterocycles. The number of hydrogen-bond acceptors (Lipinski definition) is 5. The number of ether oxygens (including phenoxy) is 2. The lowest BCUT2D eigenvalue weighted by Crippen LogP contribution is -2.27. The highest BCUT2D eigenvalue weighted by molar-refractivity contribution is 5.91. The summed E-state index contributed by atoms with van der Waals surface area (Å²) in [7, 11) is 0. The quantitative estimate of drug-likeness (QED) is 0.875. The highest BCUT2D eigenvalue weighted by Crippen LogP contribution is 2.17. The molecule has 1 N–H and O–H groups in total. The maximum absolute atomic E-state index is 12.0. The molecular weight excluding hydrogens is 296 g/mol. The predicted molar refractivity (Wildman–Crippen MR) is 85.5 cm³/mol. The molecule has 6 heteroatoms. The zero-order chi connectivity index (χ0) is 16.9. The van der Waals surface area contributed by atoms with Crippen molar-refractivity contribution in [2.75, 3.05) is 5.32 Å². The Morgan fingerprint density at radius 2 is 1.78 bits per heavy atom. The lowest BCUT2D eigenvalue weighted by molar-refractivity contribution is 0.0635. The van der Waals surface area contributed by atoms with Crippen molar-refractivity contribution in [3.63, 3.8) is 0 Å². The minimum Gasteiger partial charge on any atom is -0.444 e. The van der Waals surface area contributed by atoms with Crippen molar-refractivity contribution >= 4 is 17.9 Å². The molecule has 0 spiro atoms. The van der Waals surface area contributed by atoms with E-state index in [1.807, 2.05) is 6.07 Å². The van der Waals surface area contributed by atoms with Crippen LogP contribution in [0.3, 0.4) is 0 Å². The zero-order valence-corrected chi connectivity index (χ0v) is 13.2. The van der Waals surface area contributed by atoms with E-state index in [2.05, 4.69) is 10.3 Å². The summed E-state index contributed by atoms with van der Waals surface area (Å²) in [6.07, 6.45) is 0.803. The fraction of sp³-hybridized carbons (Fsp3) is 0.235. The summed E-state index contributed by atoms with van der Waals surface area (Å²) in [5, 5.41) is 2.49. The van der Waals surface area contributed by atoms with Crippen molar-refractivity contribution in [1.29, 1.82) is 0 Å². The second-order valence-corrected chi connectivity index (χ2v) is 5.76. The van der Waals surface area contributed by atoms with Gasteiger partial charge in [-0.1, -0.05) is 18.2 Å². The average Bonchev–Trinajstić information content (AvgIpc) is 2.46. The Morgan fingerprint density at radius 1 is 1.09 bits per heavy atom. The van der Waals surface area contributed by atoms with Crippen LogP contribution in [0.25, 0.3) is 0 Å². The maximum Gasteiger partial charge on any atom is 0.413 e. The smallest absolute Gasteiger partial charge is 0.413 e. The Bertz CT molecular complexity index is 693. The number of aromatic nitrogens is 1. The first-order valence-electron chi connectivity index (χ1n) is 7.07. The summed E-state index contributed by atoms with van der Waals surface area (Å²) < 4.78 is 10.4. The molecule has 1 amide bonds. The van der Waals surface area contributed by atoms with Gasteiger partial charge in [-0.05, 0) is 39.0 Å². The first-order valence-corrected chi connectivity index (χ1v) is 7.07. The Balaban J connectivity index is 2.02. The molecule has 0 bridgehead atoms. The van der Waals surface area contributed by atoms with Gasteiger partial charge in [-0.2, -0.15) is 0 Å². The molecule has 0 unspecified atom stereocenters. The van der Waals surface area contributed by atoms with Crippen LogP contribution in [0.15, 0.2) is 48.7 Å². The van der Waals surface area contributed by atoms with E-state index < -0.39 is 17.7 Å². The van der Waals surface area contributed by atoms with E-state index in [1.54, 1.807) is 45.0 Å². The minimum atomic E-state index is -0.628. The lowest BCUT2D eigenvalue weighted by Gasteiger charge is -2.19. The van der Waals surface area contributed by atoms with Gasteiger partial charge in [0.15, 0.2) is 0 Å². The third kappa shape index (κ3) is 5.43. The predicted octanol–water partition coefficient (Wildman–Crippen LogP) is 3.65. The summed E-state index contributed by atoms with van der Waals surface area (Å²) in [5.41, 5.74) is -0.174. The van der Waals surface area contributed by atoms with Crippen LogP contribution in [-0.2, 0) is 4.74 Å². The molecule has 1 aromatic carbocycles. The van der Waals surface area contributed by atoms with Crippen LogP contribution in [0.1, 0.15) is 31.1 Å². The van der Waals surface area contributed by atoms with Crippen LogP contribution in [0.2, 0.25) is 0 Å². The van der Waals surface area contributed by atoms with Gasteiger partial charge in [-0.15, -0.1) is 0 Å². The fourth-order valence-corrected chi connectivity index (χ4v) is 1.69. The average molecular weight is 314 g/mol. The van der Waals surface area contributed by atoms with Gasteiger partial charge in [-0.3, -0.25) is 5.32 Å². The van der Waals surface area contributed by atoms with E-state index in [1.165, 1.54) is 18.3 Å². The number of anilines is 1. The highest BCUT2D eigenvalue weighted by Gasteiger charge is 2.17. The van der Waals surface area contributed by atoms with Gasteiger partial charge in [0, 0.05) is 12.3 Å². The third-order valence-electron chi connectivity index (χ3n) is 2.58. The number of nitrogens with one attached hydrogen (secondary N) is 1. The zero-order valence-electron chi connectivity index (χ0n) is 13.2. The number of benzene rings is 1. The molecule has 0 radical (unpaired) electrons. The second-order valence-electron chi connectivity index (χ2n) is 5.76. The monoisotopic (exact) mass is 314 g/mol. The van der Waals surface area contributed by atoms with Gasteiger partial charge in [0.05, 0.1) is 5.56 Å². The standard InChI is InChI=1S/C17H18N2O4/c1-17(2,3)23-16(21)19-14-11-13(9-10-18-14)22-15(20)12-7-5-4-6-8-12/h4-11H,1-3H3,(H,18,19,21). The van der Waals surface area contributed by atoms with Crippen molar-refractivity contribution in [2.45, 2.75) is 26.4 Å². The molecule has 2 rings (SSSR count). The Morgan fingerprint density at radius 3 is 2.43 bits per heavy atom. The third-order valence-corrected chi connectivity index (χ3v) is 2.58. The molecule has 0 aliphatic rings. The molecule has 0 saturated carbocycles. The number of rotatable bonds is 3. The lowest BCUT2D eigenvalue weighted by atomic mass is 10.2. The largest absolute Gasteiger partial charge is 0.444 e. The first kappa shape index (κ1) is 16.5. The fourth-order valence-electron chi connectivity index (χ4n) is 1.69. The summed E-state index contributed by atoms with van der Waals surface area (Å²) in [6, 6.07) is 11.6. The van der Waals surface area contributed by atoms with Crippen LogP contribution < -0.4 is 10.1 Å². The Hall–Kier alpha value is -2.89. The van der Waals surface area contributed by atoms with Crippen LogP contribution in [0.4, 0.5) is 10.6 Å². The van der Waals surface area contributed by atoms with Crippen molar-refractivity contribution in [1.82, 2.24) is 4.98 Å². The van der Waals surface area contributed by atoms with Crippen molar-refractivity contribution in [2.24, 2.45) is 0 Å². The molecule has 0 fully saturated rings. The summed E-state index contributed by atoms with van der Waals surface area (Å²) in [5.74, 6) is 0.0255. The number of esters is 1. The summed E-state index contributed by atoms with van der Waals surface area (Å²) >= 11 is 0. The molecule has 0 aliphatic heterocycles. The summed E-state index contributed by atoms with van der Waals surface area (Å²) in [4.78, 5) is 27.7. The van der Waals surface area contributed by atoms with Gasteiger partial charge >= 0.3 is 12.1 Å². The van der Waals surface area contributed by atoms with Gasteiger partial charge in [0.2, 0.25) is 0 Å². The van der Waals surface area contributed by atoms with Gasteiger partial charge in [0.25, 0.3) is 0 Å². The molecule has 23 heavy (non-hydrogen) atoms. The van der Waals surface area contributed by atoms with Crippen LogP contribution >= 0.6 is 0 Å². The number of pyridine rings is 1. The summed E-state index contributed by atoms with van der Waals surface area (Å²) in [6.45, 7) is 5.29. The number of carbonyl (C=O) groups is 2. The van der Waals surface area contributed by atoms with Gasteiger partial charge in [0.1, 0.15) is 17.2 Å². The van der Waals surface area contributed by atoms with E-state index in [0.29, 0.717) is 5.56 Å². The molecule has 0 aliphatic carbocycles. The van der Waals surface area contributed by atoms with Crippen molar-refractivity contribution < 1.29 is 19.1 Å². The molecule has 120 valence electrons. The van der Waals surface area contributed by atoms with Gasteiger partial charge in [-0.25, -0.2) is 14.6 Å². The maximum atomic E-state index is 12.0. The molecule has 0 atom stereocenters. The Kier molecular flexibility index (Phi) is 4.95. The number of hydrogen-bond donors (Lipinski definition) is 1. The van der Waals surface area contributed by atoms with E-state index in [0.717, 1.165) is 0 Å². The van der Waals surface area contributed by atoms with E-state index >= 15 is 0 Å². The number of amides is 1. The van der Waals surface area contributed by atoms with E-state index in [-0.39, 0.29) is 11.6 Å². The van der Waals surface area contributed by atoms with Crippen LogP contribution in [0.5, 0.6) is 5.75 Å². The van der Waals surface area contributed by atoms with Crippen molar-refractivity contribution in [3.8, 4) is 5.75 Å². The SMILES string of the molecule is CC(C)(C)OC(=O)Nc1cc(OC(=O)c2ccccc2)ccn1. The second kappa shape index (κ2) is 6.91. The first-order chi connectivity index (χ1) is 10.8. The highest BCUT2D eigenvalue weighted by atomic mass is 16.6. The molecule has 6 nitrogen and oxygen atoms in total. The van der Waals surface area contributed by atoms with Crippen LogP contribution in [0, 0.1) is 0 Å². The van der Waals surface area contributed by atoms with Gasteiger partial charge < -0.3 is 9.47 Å². The van der Waals surface area contributed by atoms with E-state index in [9.17, 15) is 9.59 Å². The normalized spacial score (nSPS) is 10.7. The molecule has 1 heterocycles. The number of carbonyl (C=O) groups excluding carboxylic acids is 2. The number of nitrogens with zero attached hydrogens (tertiary/aromatic N) is 1. The molecule has 2 aromatic rings. The van der Waals surface area contributed by atoms with E-state index in [4.69, 9.17) is 9.47 Å². The molecular formula is C17H18N2O4. The topological polar surface area (TPSA) is 77.5 Å². The van der Waals surface area contributed by atoms with Crippen LogP contribution in [-0.4, -0.2) is 22.6 Å². The minimum absolute atomic E-state index is 0.234.